The van der Waals surface area contributed by atoms with Crippen molar-refractivity contribution >= 4 is 11.9 Å². The second-order valence-corrected chi connectivity index (χ2v) is 5.04. The van der Waals surface area contributed by atoms with Crippen LogP contribution in [0.2, 0.25) is 0 Å². The minimum Gasteiger partial charge on any atom is -0.481 e. The van der Waals surface area contributed by atoms with Crippen molar-refractivity contribution in [3.8, 4) is 0 Å². The van der Waals surface area contributed by atoms with Crippen LogP contribution in [-0.4, -0.2) is 35.6 Å². The molecule has 0 aliphatic rings. The Morgan fingerprint density at radius 1 is 1.19 bits per heavy atom. The second kappa shape index (κ2) is 4.82. The molecule has 0 saturated carbocycles. The summed E-state index contributed by atoms with van der Waals surface area (Å²) >= 11 is 0. The van der Waals surface area contributed by atoms with Crippen LogP contribution in [0, 0.1) is 5.41 Å². The zero-order valence-electron chi connectivity index (χ0n) is 10.8. The van der Waals surface area contributed by atoms with Gasteiger partial charge in [-0.05, 0) is 34.6 Å². The van der Waals surface area contributed by atoms with Gasteiger partial charge in [-0.15, -0.1) is 0 Å². The van der Waals surface area contributed by atoms with Crippen LogP contribution in [0.1, 0.15) is 34.6 Å². The molecule has 0 spiro atoms. The van der Waals surface area contributed by atoms with Crippen LogP contribution in [0.5, 0.6) is 0 Å². The fourth-order valence-electron chi connectivity index (χ4n) is 1.27. The molecule has 0 bridgehead atoms. The molecule has 1 atom stereocenters. The number of aliphatic carboxylic acids is 1. The standard InChI is InChI=1S/C11H22N2O3/c1-7(8(14)12-6)13-11(4,5)10(2,3)9(15)16/h7,13H,1-6H3,(H,12,14)(H,15,16). The smallest absolute Gasteiger partial charge is 0.310 e. The molecule has 1 amide bonds. The number of hydrogen-bond donors (Lipinski definition) is 3. The monoisotopic (exact) mass is 230 g/mol. The van der Waals surface area contributed by atoms with E-state index in [1.807, 2.05) is 0 Å². The third-order valence-corrected chi connectivity index (χ3v) is 3.31. The third kappa shape index (κ3) is 2.95. The molecule has 16 heavy (non-hydrogen) atoms. The van der Waals surface area contributed by atoms with Gasteiger partial charge in [-0.2, -0.15) is 0 Å². The summed E-state index contributed by atoms with van der Waals surface area (Å²) in [7, 11) is 1.55. The Labute approximate surface area is 96.6 Å². The molecule has 0 radical (unpaired) electrons. The van der Waals surface area contributed by atoms with E-state index in [4.69, 9.17) is 5.11 Å². The van der Waals surface area contributed by atoms with Crippen LogP contribution in [-0.2, 0) is 9.59 Å². The highest BCUT2D eigenvalue weighted by Crippen LogP contribution is 2.31. The number of carboxylic acid groups (broad SMARTS) is 1. The maximum Gasteiger partial charge on any atom is 0.310 e. The molecular weight excluding hydrogens is 208 g/mol. The fourth-order valence-corrected chi connectivity index (χ4v) is 1.27. The minimum absolute atomic E-state index is 0.158. The lowest BCUT2D eigenvalue weighted by atomic mass is 9.74. The van der Waals surface area contributed by atoms with Gasteiger partial charge in [0.25, 0.3) is 0 Å². The van der Waals surface area contributed by atoms with Gasteiger partial charge in [-0.1, -0.05) is 0 Å². The average molecular weight is 230 g/mol. The van der Waals surface area contributed by atoms with Gasteiger partial charge in [0.1, 0.15) is 0 Å². The van der Waals surface area contributed by atoms with E-state index in [0.29, 0.717) is 0 Å². The third-order valence-electron chi connectivity index (χ3n) is 3.31. The first-order valence-corrected chi connectivity index (χ1v) is 5.29. The quantitative estimate of drug-likeness (QED) is 0.646. The van der Waals surface area contributed by atoms with E-state index in [2.05, 4.69) is 10.6 Å². The first-order valence-electron chi connectivity index (χ1n) is 5.29. The molecule has 94 valence electrons. The van der Waals surface area contributed by atoms with Crippen LogP contribution in [0.25, 0.3) is 0 Å². The number of carbonyl (C=O) groups is 2. The SMILES string of the molecule is CNC(=O)C(C)NC(C)(C)C(C)(C)C(=O)O. The van der Waals surface area contributed by atoms with Crippen LogP contribution < -0.4 is 10.6 Å². The molecule has 0 rings (SSSR count). The molecular formula is C11H22N2O3. The summed E-state index contributed by atoms with van der Waals surface area (Å²) < 4.78 is 0. The summed E-state index contributed by atoms with van der Waals surface area (Å²) in [5, 5.41) is 14.7. The van der Waals surface area contributed by atoms with Crippen LogP contribution in [0.3, 0.4) is 0 Å². The normalized spacial score (nSPS) is 14.4. The maximum absolute atomic E-state index is 11.4. The van der Waals surface area contributed by atoms with E-state index in [0.717, 1.165) is 0 Å². The molecule has 0 aliphatic heterocycles. The van der Waals surface area contributed by atoms with E-state index in [9.17, 15) is 9.59 Å². The number of likely N-dealkylation sites (N-methyl/N-ethyl adjacent to an activating group) is 1. The minimum atomic E-state index is -0.963. The van der Waals surface area contributed by atoms with Gasteiger partial charge in [-0.25, -0.2) is 0 Å². The van der Waals surface area contributed by atoms with Gasteiger partial charge in [0.15, 0.2) is 0 Å². The number of rotatable bonds is 5. The van der Waals surface area contributed by atoms with Crippen molar-refractivity contribution in [3.63, 3.8) is 0 Å². The molecule has 5 nitrogen and oxygen atoms in total. The predicted molar refractivity (Wildman–Crippen MR) is 62.2 cm³/mol. The Balaban J connectivity index is 4.82. The average Bonchev–Trinajstić information content (AvgIpc) is 2.15. The Morgan fingerprint density at radius 2 is 1.62 bits per heavy atom. The summed E-state index contributed by atoms with van der Waals surface area (Å²) in [6.07, 6.45) is 0. The molecule has 0 aromatic rings. The lowest BCUT2D eigenvalue weighted by Crippen LogP contribution is -2.60. The molecule has 0 aromatic heterocycles. The number of hydrogen-bond acceptors (Lipinski definition) is 3. The summed E-state index contributed by atoms with van der Waals surface area (Å²) in [6.45, 7) is 8.54. The number of carbonyl (C=O) groups excluding carboxylic acids is 1. The van der Waals surface area contributed by atoms with Crippen molar-refractivity contribution < 1.29 is 14.7 Å². The topological polar surface area (TPSA) is 78.4 Å². The highest BCUT2D eigenvalue weighted by molar-refractivity contribution is 5.81. The molecule has 3 N–H and O–H groups in total. The molecule has 1 unspecified atom stereocenters. The Morgan fingerprint density at radius 3 is 1.94 bits per heavy atom. The van der Waals surface area contributed by atoms with Crippen molar-refractivity contribution in [3.05, 3.63) is 0 Å². The zero-order chi connectivity index (χ0) is 13.1. The summed E-state index contributed by atoms with van der Waals surface area (Å²) in [5.41, 5.74) is -1.65. The molecule has 0 aromatic carbocycles. The fraction of sp³-hybridized carbons (Fsp3) is 0.818. The van der Waals surface area contributed by atoms with Gasteiger partial charge in [-0.3, -0.25) is 14.9 Å². The largest absolute Gasteiger partial charge is 0.481 e. The first kappa shape index (κ1) is 14.9. The van der Waals surface area contributed by atoms with Crippen LogP contribution >= 0.6 is 0 Å². The molecule has 0 fully saturated rings. The lowest BCUT2D eigenvalue weighted by molar-refractivity contribution is -0.151. The highest BCUT2D eigenvalue weighted by Gasteiger charge is 2.44. The zero-order valence-corrected chi connectivity index (χ0v) is 10.8. The van der Waals surface area contributed by atoms with E-state index in [-0.39, 0.29) is 5.91 Å². The first-order chi connectivity index (χ1) is 7.06. The number of carboxylic acids is 1. The number of nitrogens with one attached hydrogen (secondary N) is 2. The lowest BCUT2D eigenvalue weighted by Gasteiger charge is -2.40. The van der Waals surface area contributed by atoms with Crippen LogP contribution in [0.4, 0.5) is 0 Å². The Hall–Kier alpha value is -1.10. The molecule has 5 heteroatoms. The van der Waals surface area contributed by atoms with Gasteiger partial charge >= 0.3 is 5.97 Å². The Kier molecular flexibility index (Phi) is 4.49. The molecule has 0 aliphatic carbocycles. The molecule has 0 heterocycles. The van der Waals surface area contributed by atoms with Crippen molar-refractivity contribution in [1.29, 1.82) is 0 Å². The second-order valence-electron chi connectivity index (χ2n) is 5.04. The highest BCUT2D eigenvalue weighted by atomic mass is 16.4. The van der Waals surface area contributed by atoms with Gasteiger partial charge in [0, 0.05) is 12.6 Å². The van der Waals surface area contributed by atoms with E-state index in [1.54, 1.807) is 41.7 Å². The van der Waals surface area contributed by atoms with Crippen molar-refractivity contribution in [2.75, 3.05) is 7.05 Å². The van der Waals surface area contributed by atoms with Crippen molar-refractivity contribution in [2.24, 2.45) is 5.41 Å². The summed E-state index contributed by atoms with van der Waals surface area (Å²) in [5.74, 6) is -1.05. The van der Waals surface area contributed by atoms with Gasteiger partial charge < -0.3 is 10.4 Å². The van der Waals surface area contributed by atoms with Crippen molar-refractivity contribution in [2.45, 2.75) is 46.2 Å². The van der Waals surface area contributed by atoms with Crippen LogP contribution in [0.15, 0.2) is 0 Å². The van der Waals surface area contributed by atoms with E-state index >= 15 is 0 Å². The Bertz CT molecular complexity index is 285. The van der Waals surface area contributed by atoms with Gasteiger partial charge in [0.2, 0.25) is 5.91 Å². The summed E-state index contributed by atoms with van der Waals surface area (Å²) in [6, 6.07) is -0.432. The van der Waals surface area contributed by atoms with E-state index < -0.39 is 23.0 Å². The number of amides is 1. The summed E-state index contributed by atoms with van der Waals surface area (Å²) in [4.78, 5) is 22.5. The van der Waals surface area contributed by atoms with Crippen molar-refractivity contribution in [1.82, 2.24) is 10.6 Å². The predicted octanol–water partition coefficient (Wildman–Crippen LogP) is 0.600. The van der Waals surface area contributed by atoms with Gasteiger partial charge in [0.05, 0.1) is 11.5 Å². The molecule has 0 saturated heterocycles. The maximum atomic E-state index is 11.4. The van der Waals surface area contributed by atoms with E-state index in [1.165, 1.54) is 0 Å².